The molecule has 1 aliphatic carbocycles. The van der Waals surface area contributed by atoms with Crippen LogP contribution in [0, 0.1) is 5.92 Å². The highest BCUT2D eigenvalue weighted by Gasteiger charge is 2.42. The van der Waals surface area contributed by atoms with Crippen LogP contribution in [0.1, 0.15) is 38.2 Å². The maximum atomic E-state index is 11.6. The molecule has 1 saturated carbocycles. The minimum atomic E-state index is -0.689. The van der Waals surface area contributed by atoms with E-state index in [0.29, 0.717) is 5.92 Å². The zero-order chi connectivity index (χ0) is 11.6. The van der Waals surface area contributed by atoms with Gasteiger partial charge in [0.1, 0.15) is 0 Å². The average Bonchev–Trinajstić information content (AvgIpc) is 2.31. The first-order valence-corrected chi connectivity index (χ1v) is 5.79. The average molecular weight is 219 g/mol. The van der Waals surface area contributed by atoms with Crippen LogP contribution in [-0.2, 0) is 10.2 Å². The Kier molecular flexibility index (Phi) is 2.95. The van der Waals surface area contributed by atoms with Crippen molar-refractivity contribution in [1.29, 1.82) is 0 Å². The van der Waals surface area contributed by atoms with E-state index in [-0.39, 0.29) is 0 Å². The molecule has 86 valence electrons. The predicted octanol–water partition coefficient (Wildman–Crippen LogP) is 2.61. The molecule has 1 aromatic rings. The van der Waals surface area contributed by atoms with Crippen molar-refractivity contribution < 1.29 is 9.90 Å². The first-order valence-electron chi connectivity index (χ1n) is 5.79. The molecule has 1 N–H and O–H groups in total. The lowest BCUT2D eigenvalue weighted by Gasteiger charge is -2.36. The summed E-state index contributed by atoms with van der Waals surface area (Å²) in [6.07, 6.45) is 6.83. The van der Waals surface area contributed by atoms with Gasteiger partial charge in [-0.05, 0) is 49.3 Å². The summed E-state index contributed by atoms with van der Waals surface area (Å²) in [4.78, 5) is 15.5. The third-order valence-electron chi connectivity index (χ3n) is 3.77. The van der Waals surface area contributed by atoms with E-state index in [9.17, 15) is 9.90 Å². The molecule has 1 aromatic heterocycles. The van der Waals surface area contributed by atoms with Crippen LogP contribution >= 0.6 is 0 Å². The zero-order valence-electron chi connectivity index (χ0n) is 9.52. The Morgan fingerprint density at radius 1 is 1.38 bits per heavy atom. The highest BCUT2D eigenvalue weighted by Crippen LogP contribution is 2.41. The van der Waals surface area contributed by atoms with Crippen LogP contribution in [0.4, 0.5) is 0 Å². The largest absolute Gasteiger partial charge is 0.481 e. The Hall–Kier alpha value is -1.38. The van der Waals surface area contributed by atoms with Gasteiger partial charge in [-0.15, -0.1) is 0 Å². The smallest absolute Gasteiger partial charge is 0.314 e. The van der Waals surface area contributed by atoms with Gasteiger partial charge in [0, 0.05) is 12.4 Å². The van der Waals surface area contributed by atoms with E-state index in [0.717, 1.165) is 31.2 Å². The maximum absolute atomic E-state index is 11.6. The number of nitrogens with zero attached hydrogens (tertiary/aromatic N) is 1. The molecule has 1 heterocycles. The van der Waals surface area contributed by atoms with E-state index in [4.69, 9.17) is 0 Å². The molecule has 0 radical (unpaired) electrons. The lowest BCUT2D eigenvalue weighted by Crippen LogP contribution is -2.39. The molecule has 0 aliphatic heterocycles. The molecule has 0 aromatic carbocycles. The Morgan fingerprint density at radius 3 is 2.44 bits per heavy atom. The summed E-state index contributed by atoms with van der Waals surface area (Å²) in [5, 5.41) is 9.51. The third kappa shape index (κ3) is 1.82. The summed E-state index contributed by atoms with van der Waals surface area (Å²) < 4.78 is 0. The van der Waals surface area contributed by atoms with Gasteiger partial charge < -0.3 is 5.11 Å². The lowest BCUT2D eigenvalue weighted by molar-refractivity contribution is -0.145. The minimum absolute atomic E-state index is 0.648. The van der Waals surface area contributed by atoms with Gasteiger partial charge in [-0.3, -0.25) is 9.78 Å². The van der Waals surface area contributed by atoms with Crippen LogP contribution in [0.25, 0.3) is 0 Å². The van der Waals surface area contributed by atoms with Crippen molar-refractivity contribution in [2.24, 2.45) is 5.92 Å². The monoisotopic (exact) mass is 219 g/mol. The fourth-order valence-corrected chi connectivity index (χ4v) is 2.55. The van der Waals surface area contributed by atoms with Crippen LogP contribution in [0.5, 0.6) is 0 Å². The standard InChI is InChI=1S/C13H17NO2/c1-10-2-6-13(7-3-10,12(15)16)11-4-8-14-9-5-11/h4-5,8-10H,2-3,6-7H2,1H3,(H,15,16). The molecule has 16 heavy (non-hydrogen) atoms. The van der Waals surface area contributed by atoms with Crippen LogP contribution in [0.2, 0.25) is 0 Å². The molecule has 0 spiro atoms. The molecule has 0 saturated heterocycles. The molecule has 3 nitrogen and oxygen atoms in total. The van der Waals surface area contributed by atoms with E-state index < -0.39 is 11.4 Å². The van der Waals surface area contributed by atoms with E-state index in [1.807, 2.05) is 12.1 Å². The number of aromatic nitrogens is 1. The first kappa shape index (κ1) is 11.1. The topological polar surface area (TPSA) is 50.2 Å². The van der Waals surface area contributed by atoms with Crippen molar-refractivity contribution >= 4 is 5.97 Å². The SMILES string of the molecule is CC1CCC(C(=O)O)(c2ccncc2)CC1. The Labute approximate surface area is 95.5 Å². The summed E-state index contributed by atoms with van der Waals surface area (Å²) in [7, 11) is 0. The molecule has 0 unspecified atom stereocenters. The normalized spacial score (nSPS) is 29.9. The van der Waals surface area contributed by atoms with Crippen molar-refractivity contribution in [3.63, 3.8) is 0 Å². The number of rotatable bonds is 2. The van der Waals surface area contributed by atoms with Gasteiger partial charge in [-0.2, -0.15) is 0 Å². The van der Waals surface area contributed by atoms with Crippen LogP contribution in [-0.4, -0.2) is 16.1 Å². The summed E-state index contributed by atoms with van der Waals surface area (Å²) in [5.74, 6) is -0.0417. The summed E-state index contributed by atoms with van der Waals surface area (Å²) in [5.41, 5.74) is 0.233. The fourth-order valence-electron chi connectivity index (χ4n) is 2.55. The first-order chi connectivity index (χ1) is 7.65. The zero-order valence-corrected chi connectivity index (χ0v) is 9.52. The highest BCUT2D eigenvalue weighted by molar-refractivity contribution is 5.81. The van der Waals surface area contributed by atoms with Gasteiger partial charge in [0.15, 0.2) is 0 Å². The highest BCUT2D eigenvalue weighted by atomic mass is 16.4. The van der Waals surface area contributed by atoms with Crippen molar-refractivity contribution in [2.75, 3.05) is 0 Å². The van der Waals surface area contributed by atoms with Crippen molar-refractivity contribution in [1.82, 2.24) is 4.98 Å². The number of pyridine rings is 1. The molecule has 2 rings (SSSR count). The second-order valence-corrected chi connectivity index (χ2v) is 4.81. The van der Waals surface area contributed by atoms with Crippen LogP contribution < -0.4 is 0 Å². The van der Waals surface area contributed by atoms with Crippen LogP contribution in [0.15, 0.2) is 24.5 Å². The second kappa shape index (κ2) is 4.24. The van der Waals surface area contributed by atoms with Gasteiger partial charge in [0.05, 0.1) is 5.41 Å². The molecule has 0 bridgehead atoms. The van der Waals surface area contributed by atoms with E-state index in [1.165, 1.54) is 0 Å². The molecule has 3 heteroatoms. The van der Waals surface area contributed by atoms with Gasteiger partial charge >= 0.3 is 5.97 Å². The van der Waals surface area contributed by atoms with Gasteiger partial charge in [-0.25, -0.2) is 0 Å². The number of carbonyl (C=O) groups is 1. The van der Waals surface area contributed by atoms with Gasteiger partial charge in [0.2, 0.25) is 0 Å². The predicted molar refractivity (Wildman–Crippen MR) is 61.2 cm³/mol. The summed E-state index contributed by atoms with van der Waals surface area (Å²) in [6, 6.07) is 3.67. The Balaban J connectivity index is 2.34. The van der Waals surface area contributed by atoms with E-state index >= 15 is 0 Å². The molecular formula is C13H17NO2. The van der Waals surface area contributed by atoms with Crippen molar-refractivity contribution in [3.05, 3.63) is 30.1 Å². The number of hydrogen-bond acceptors (Lipinski definition) is 2. The molecule has 1 fully saturated rings. The summed E-state index contributed by atoms with van der Waals surface area (Å²) in [6.45, 7) is 2.19. The third-order valence-corrected chi connectivity index (χ3v) is 3.77. The summed E-state index contributed by atoms with van der Waals surface area (Å²) >= 11 is 0. The van der Waals surface area contributed by atoms with Gasteiger partial charge in [0.25, 0.3) is 0 Å². The lowest BCUT2D eigenvalue weighted by atomic mass is 9.67. The maximum Gasteiger partial charge on any atom is 0.314 e. The fraction of sp³-hybridized carbons (Fsp3) is 0.538. The molecular weight excluding hydrogens is 202 g/mol. The number of hydrogen-bond donors (Lipinski definition) is 1. The molecule has 0 atom stereocenters. The van der Waals surface area contributed by atoms with Crippen LogP contribution in [0.3, 0.4) is 0 Å². The second-order valence-electron chi connectivity index (χ2n) is 4.81. The van der Waals surface area contributed by atoms with Gasteiger partial charge in [-0.1, -0.05) is 6.92 Å². The Bertz CT molecular complexity index is 367. The van der Waals surface area contributed by atoms with Crippen molar-refractivity contribution in [3.8, 4) is 0 Å². The van der Waals surface area contributed by atoms with E-state index in [1.54, 1.807) is 12.4 Å². The number of carboxylic acids is 1. The minimum Gasteiger partial charge on any atom is -0.481 e. The van der Waals surface area contributed by atoms with E-state index in [2.05, 4.69) is 11.9 Å². The molecule has 1 aliphatic rings. The number of aliphatic carboxylic acids is 1. The Morgan fingerprint density at radius 2 is 1.94 bits per heavy atom. The number of carboxylic acid groups (broad SMARTS) is 1. The van der Waals surface area contributed by atoms with Crippen molar-refractivity contribution in [2.45, 2.75) is 38.0 Å². The quantitative estimate of drug-likeness (QED) is 0.831. The molecule has 0 amide bonds.